The molecule has 0 amide bonds. The van der Waals surface area contributed by atoms with Crippen LogP contribution in [0.2, 0.25) is 0 Å². The molecule has 0 aromatic carbocycles. The number of piperidine rings is 1. The van der Waals surface area contributed by atoms with Crippen LogP contribution in [0.1, 0.15) is 44.9 Å². The van der Waals surface area contributed by atoms with Crippen molar-refractivity contribution in [2.75, 3.05) is 26.8 Å². The van der Waals surface area contributed by atoms with Gasteiger partial charge >= 0.3 is 0 Å². The summed E-state index contributed by atoms with van der Waals surface area (Å²) in [6.07, 6.45) is 9.90. The fourth-order valence-electron chi connectivity index (χ4n) is 3.60. The van der Waals surface area contributed by atoms with Crippen LogP contribution >= 0.6 is 12.4 Å². The van der Waals surface area contributed by atoms with E-state index in [1.807, 2.05) is 7.11 Å². The highest BCUT2D eigenvalue weighted by Gasteiger charge is 2.39. The highest BCUT2D eigenvalue weighted by atomic mass is 35.5. The average Bonchev–Trinajstić information content (AvgIpc) is 2.32. The van der Waals surface area contributed by atoms with E-state index >= 15 is 0 Å². The molecular formula is C13H26ClNO. The molecule has 0 radical (unpaired) electrons. The van der Waals surface area contributed by atoms with Crippen molar-refractivity contribution in [3.05, 3.63) is 0 Å². The second-order valence-electron chi connectivity index (χ2n) is 5.38. The molecule has 1 aliphatic carbocycles. The first-order valence-corrected chi connectivity index (χ1v) is 6.57. The highest BCUT2D eigenvalue weighted by molar-refractivity contribution is 5.85. The first-order valence-electron chi connectivity index (χ1n) is 6.57. The summed E-state index contributed by atoms with van der Waals surface area (Å²) in [6, 6.07) is 0. The van der Waals surface area contributed by atoms with Gasteiger partial charge in [0.1, 0.15) is 0 Å². The lowest BCUT2D eigenvalue weighted by atomic mass is 9.64. The van der Waals surface area contributed by atoms with Crippen molar-refractivity contribution < 1.29 is 4.74 Å². The Morgan fingerprint density at radius 1 is 1.12 bits per heavy atom. The molecule has 2 rings (SSSR count). The van der Waals surface area contributed by atoms with E-state index in [2.05, 4.69) is 5.32 Å². The zero-order valence-corrected chi connectivity index (χ0v) is 11.3. The van der Waals surface area contributed by atoms with Crippen LogP contribution in [0.5, 0.6) is 0 Å². The molecule has 2 nitrogen and oxygen atoms in total. The van der Waals surface area contributed by atoms with E-state index in [9.17, 15) is 0 Å². The monoisotopic (exact) mass is 247 g/mol. The summed E-state index contributed by atoms with van der Waals surface area (Å²) in [7, 11) is 1.87. The minimum absolute atomic E-state index is 0. The van der Waals surface area contributed by atoms with Crippen LogP contribution < -0.4 is 5.32 Å². The third kappa shape index (κ3) is 3.12. The molecule has 1 saturated heterocycles. The molecule has 0 aromatic heterocycles. The Morgan fingerprint density at radius 2 is 1.75 bits per heavy atom. The first-order chi connectivity index (χ1) is 7.37. The molecule has 0 spiro atoms. The van der Waals surface area contributed by atoms with E-state index < -0.39 is 0 Å². The van der Waals surface area contributed by atoms with E-state index in [0.29, 0.717) is 5.41 Å². The van der Waals surface area contributed by atoms with Crippen molar-refractivity contribution in [3.8, 4) is 0 Å². The van der Waals surface area contributed by atoms with E-state index in [1.165, 1.54) is 58.0 Å². The normalized spacial score (nSPS) is 26.1. The van der Waals surface area contributed by atoms with Crippen LogP contribution in [0.25, 0.3) is 0 Å². The van der Waals surface area contributed by atoms with Crippen molar-refractivity contribution in [1.82, 2.24) is 5.32 Å². The topological polar surface area (TPSA) is 21.3 Å². The Labute approximate surface area is 106 Å². The molecule has 1 N–H and O–H groups in total. The number of hydrogen-bond acceptors (Lipinski definition) is 2. The van der Waals surface area contributed by atoms with Gasteiger partial charge in [0.05, 0.1) is 6.61 Å². The quantitative estimate of drug-likeness (QED) is 0.828. The summed E-state index contributed by atoms with van der Waals surface area (Å²) in [5.74, 6) is 0.938. The predicted octanol–water partition coefficient (Wildman–Crippen LogP) is 3.00. The summed E-state index contributed by atoms with van der Waals surface area (Å²) >= 11 is 0. The van der Waals surface area contributed by atoms with Crippen molar-refractivity contribution in [1.29, 1.82) is 0 Å². The number of ether oxygens (including phenoxy) is 1. The van der Waals surface area contributed by atoms with Crippen molar-refractivity contribution in [2.24, 2.45) is 11.3 Å². The van der Waals surface area contributed by atoms with Gasteiger partial charge in [0.15, 0.2) is 0 Å². The fourth-order valence-corrected chi connectivity index (χ4v) is 3.60. The zero-order chi connectivity index (χ0) is 10.6. The molecule has 96 valence electrons. The maximum atomic E-state index is 5.51. The Hall–Kier alpha value is 0.210. The third-order valence-corrected chi connectivity index (χ3v) is 4.50. The first kappa shape index (κ1) is 14.3. The molecule has 3 heteroatoms. The van der Waals surface area contributed by atoms with Gasteiger partial charge in [0.25, 0.3) is 0 Å². The zero-order valence-electron chi connectivity index (χ0n) is 10.5. The van der Waals surface area contributed by atoms with Gasteiger partial charge in [0.2, 0.25) is 0 Å². The smallest absolute Gasteiger partial charge is 0.0522 e. The lowest BCUT2D eigenvalue weighted by Crippen LogP contribution is -2.45. The number of halogens is 1. The summed E-state index contributed by atoms with van der Waals surface area (Å²) in [5, 5.41) is 3.48. The van der Waals surface area contributed by atoms with Gasteiger partial charge in [-0.1, -0.05) is 19.3 Å². The maximum absolute atomic E-state index is 5.51. The number of hydrogen-bond donors (Lipinski definition) is 1. The van der Waals surface area contributed by atoms with E-state index in [0.717, 1.165) is 12.5 Å². The van der Waals surface area contributed by atoms with Crippen molar-refractivity contribution in [3.63, 3.8) is 0 Å². The van der Waals surface area contributed by atoms with Crippen LogP contribution in [0.3, 0.4) is 0 Å². The van der Waals surface area contributed by atoms with Gasteiger partial charge in [-0.3, -0.25) is 0 Å². The van der Waals surface area contributed by atoms with Gasteiger partial charge in [-0.05, 0) is 50.1 Å². The minimum Gasteiger partial charge on any atom is -0.384 e. The molecular weight excluding hydrogens is 222 g/mol. The maximum Gasteiger partial charge on any atom is 0.0522 e. The molecule has 0 atom stereocenters. The lowest BCUT2D eigenvalue weighted by molar-refractivity contribution is -0.00808. The standard InChI is InChI=1S/C13H25NO.ClH/c1-15-11-13(7-9-14-10-8-13)12-5-3-2-4-6-12;/h12,14H,2-11H2,1H3;1H. The molecule has 16 heavy (non-hydrogen) atoms. The van der Waals surface area contributed by atoms with Crippen LogP contribution in [0.4, 0.5) is 0 Å². The minimum atomic E-state index is 0. The van der Waals surface area contributed by atoms with Gasteiger partial charge in [-0.2, -0.15) is 0 Å². The van der Waals surface area contributed by atoms with Crippen molar-refractivity contribution in [2.45, 2.75) is 44.9 Å². The molecule has 0 unspecified atom stereocenters. The van der Waals surface area contributed by atoms with Crippen LogP contribution in [-0.4, -0.2) is 26.8 Å². The molecule has 0 bridgehead atoms. The summed E-state index contributed by atoms with van der Waals surface area (Å²) < 4.78 is 5.51. The number of rotatable bonds is 3. The Bertz CT molecular complexity index is 181. The summed E-state index contributed by atoms with van der Waals surface area (Å²) in [4.78, 5) is 0. The van der Waals surface area contributed by atoms with Gasteiger partial charge < -0.3 is 10.1 Å². The molecule has 2 aliphatic rings. The van der Waals surface area contributed by atoms with Crippen molar-refractivity contribution >= 4 is 12.4 Å². The second-order valence-corrected chi connectivity index (χ2v) is 5.38. The van der Waals surface area contributed by atoms with E-state index in [1.54, 1.807) is 0 Å². The summed E-state index contributed by atoms with van der Waals surface area (Å²) in [6.45, 7) is 3.37. The molecule has 2 fully saturated rings. The SMILES string of the molecule is COCC1(C2CCCCC2)CCNCC1.Cl. The third-order valence-electron chi connectivity index (χ3n) is 4.50. The summed E-state index contributed by atoms with van der Waals surface area (Å²) in [5.41, 5.74) is 0.514. The predicted molar refractivity (Wildman–Crippen MR) is 70.2 cm³/mol. The van der Waals surface area contributed by atoms with Crippen LogP contribution in [0, 0.1) is 11.3 Å². The molecule has 1 aliphatic heterocycles. The van der Waals surface area contributed by atoms with Gasteiger partial charge in [-0.25, -0.2) is 0 Å². The fraction of sp³-hybridized carbons (Fsp3) is 1.00. The van der Waals surface area contributed by atoms with Gasteiger partial charge in [0, 0.05) is 7.11 Å². The molecule has 1 saturated carbocycles. The largest absolute Gasteiger partial charge is 0.384 e. The van der Waals surface area contributed by atoms with Gasteiger partial charge in [-0.15, -0.1) is 12.4 Å². The van der Waals surface area contributed by atoms with Crippen LogP contribution in [-0.2, 0) is 4.74 Å². The molecule has 1 heterocycles. The molecule has 0 aromatic rings. The Kier molecular flexibility index (Phi) is 6.09. The van der Waals surface area contributed by atoms with E-state index in [-0.39, 0.29) is 12.4 Å². The lowest BCUT2D eigenvalue weighted by Gasteiger charge is -2.45. The number of methoxy groups -OCH3 is 1. The Morgan fingerprint density at radius 3 is 2.31 bits per heavy atom. The Balaban J connectivity index is 0.00000128. The second kappa shape index (κ2) is 6.83. The highest BCUT2D eigenvalue weighted by Crippen LogP contribution is 2.44. The van der Waals surface area contributed by atoms with E-state index in [4.69, 9.17) is 4.74 Å². The average molecular weight is 248 g/mol. The number of nitrogens with one attached hydrogen (secondary N) is 1. The van der Waals surface area contributed by atoms with Crippen LogP contribution in [0.15, 0.2) is 0 Å².